The summed E-state index contributed by atoms with van der Waals surface area (Å²) in [6.07, 6.45) is 0. The maximum atomic E-state index is 3.95. The maximum absolute atomic E-state index is 3.95. The van der Waals surface area contributed by atoms with Gasteiger partial charge in [0.15, 0.2) is 5.82 Å². The van der Waals surface area contributed by atoms with E-state index in [0.717, 1.165) is 17.1 Å². The molecule has 1 heterocycles. The molecule has 2 rings (SSSR count). The summed E-state index contributed by atoms with van der Waals surface area (Å²) >= 11 is 0. The number of benzene rings is 1. The van der Waals surface area contributed by atoms with Crippen molar-refractivity contribution in [1.82, 2.24) is 20.2 Å². The molecule has 70 valence electrons. The van der Waals surface area contributed by atoms with Crippen LogP contribution in [0.15, 0.2) is 36.9 Å². The first-order valence-electron chi connectivity index (χ1n) is 4.29. The monoisotopic (exact) mass is 186 g/mol. The van der Waals surface area contributed by atoms with Crippen LogP contribution < -0.4 is 0 Å². The second kappa shape index (κ2) is 3.41. The minimum Gasteiger partial charge on any atom is -0.198 e. The lowest BCUT2D eigenvalue weighted by Crippen LogP contribution is -1.97. The number of rotatable bonds is 2. The molecule has 4 heteroatoms. The number of tetrazole rings is 1. The van der Waals surface area contributed by atoms with Crippen LogP contribution in [-0.2, 0) is 0 Å². The molecule has 0 saturated heterocycles. The van der Waals surface area contributed by atoms with Gasteiger partial charge in [0.1, 0.15) is 0 Å². The van der Waals surface area contributed by atoms with Crippen LogP contribution in [0.3, 0.4) is 0 Å². The Hall–Kier alpha value is -1.97. The summed E-state index contributed by atoms with van der Waals surface area (Å²) in [7, 11) is 0. The van der Waals surface area contributed by atoms with Gasteiger partial charge in [-0.3, -0.25) is 0 Å². The summed E-state index contributed by atoms with van der Waals surface area (Å²) in [5.74, 6) is 0.720. The van der Waals surface area contributed by atoms with Crippen LogP contribution in [0, 0.1) is 0 Å². The van der Waals surface area contributed by atoms with Crippen molar-refractivity contribution < 1.29 is 0 Å². The van der Waals surface area contributed by atoms with Crippen molar-refractivity contribution in [1.29, 1.82) is 0 Å². The summed E-state index contributed by atoms with van der Waals surface area (Å²) in [5, 5.41) is 11.4. The fraction of sp³-hybridized carbons (Fsp3) is 0.100. The Balaban J connectivity index is 2.52. The highest BCUT2D eigenvalue weighted by Gasteiger charge is 2.07. The van der Waals surface area contributed by atoms with Crippen LogP contribution >= 0.6 is 0 Å². The van der Waals surface area contributed by atoms with E-state index in [1.54, 1.807) is 4.68 Å². The average molecular weight is 186 g/mol. The average Bonchev–Trinajstić information content (AvgIpc) is 2.67. The Labute approximate surface area is 81.9 Å². The lowest BCUT2D eigenvalue weighted by Gasteiger charge is -2.01. The molecular weight excluding hydrogens is 176 g/mol. The SMILES string of the molecule is C=C(C)n1nnnc1-c1ccccc1. The third-order valence-electron chi connectivity index (χ3n) is 1.86. The molecule has 2 aromatic rings. The first-order chi connectivity index (χ1) is 6.79. The van der Waals surface area contributed by atoms with Crippen LogP contribution in [0.4, 0.5) is 0 Å². The van der Waals surface area contributed by atoms with Crippen molar-refractivity contribution >= 4 is 5.70 Å². The topological polar surface area (TPSA) is 43.6 Å². The fourth-order valence-corrected chi connectivity index (χ4v) is 1.21. The highest BCUT2D eigenvalue weighted by atomic mass is 15.5. The molecule has 0 fully saturated rings. The molecule has 0 aliphatic heterocycles. The van der Waals surface area contributed by atoms with Crippen LogP contribution in [0.25, 0.3) is 17.1 Å². The van der Waals surface area contributed by atoms with Crippen LogP contribution in [0.2, 0.25) is 0 Å². The highest BCUT2D eigenvalue weighted by Crippen LogP contribution is 2.16. The van der Waals surface area contributed by atoms with Gasteiger partial charge in [-0.05, 0) is 17.4 Å². The van der Waals surface area contributed by atoms with Crippen LogP contribution in [0.5, 0.6) is 0 Å². The Morgan fingerprint density at radius 3 is 2.64 bits per heavy atom. The molecule has 0 unspecified atom stereocenters. The fourth-order valence-electron chi connectivity index (χ4n) is 1.21. The van der Waals surface area contributed by atoms with Gasteiger partial charge in [-0.1, -0.05) is 36.9 Å². The van der Waals surface area contributed by atoms with Gasteiger partial charge >= 0.3 is 0 Å². The van der Waals surface area contributed by atoms with Crippen molar-refractivity contribution in [3.8, 4) is 11.4 Å². The first-order valence-corrected chi connectivity index (χ1v) is 4.29. The van der Waals surface area contributed by atoms with E-state index < -0.39 is 0 Å². The zero-order chi connectivity index (χ0) is 9.97. The van der Waals surface area contributed by atoms with E-state index in [-0.39, 0.29) is 0 Å². The van der Waals surface area contributed by atoms with E-state index in [0.29, 0.717) is 0 Å². The Morgan fingerprint density at radius 1 is 1.29 bits per heavy atom. The summed E-state index contributed by atoms with van der Waals surface area (Å²) < 4.78 is 1.62. The van der Waals surface area contributed by atoms with Gasteiger partial charge in [0.25, 0.3) is 0 Å². The molecule has 0 radical (unpaired) electrons. The molecule has 0 spiro atoms. The molecule has 0 amide bonds. The van der Waals surface area contributed by atoms with Crippen molar-refractivity contribution in [2.45, 2.75) is 6.92 Å². The van der Waals surface area contributed by atoms with Gasteiger partial charge in [-0.2, -0.15) is 4.68 Å². The Morgan fingerprint density at radius 2 is 2.00 bits per heavy atom. The summed E-state index contributed by atoms with van der Waals surface area (Å²) in [6, 6.07) is 9.79. The van der Waals surface area contributed by atoms with Gasteiger partial charge in [-0.15, -0.1) is 5.10 Å². The molecule has 0 bridgehead atoms. The van der Waals surface area contributed by atoms with Gasteiger partial charge in [0, 0.05) is 11.3 Å². The third-order valence-corrected chi connectivity index (χ3v) is 1.86. The van der Waals surface area contributed by atoms with E-state index in [1.807, 2.05) is 37.3 Å². The molecule has 0 aliphatic carbocycles. The Kier molecular flexibility index (Phi) is 2.10. The number of nitrogens with zero attached hydrogens (tertiary/aromatic N) is 4. The smallest absolute Gasteiger partial charge is 0.186 e. The normalized spacial score (nSPS) is 10.1. The third kappa shape index (κ3) is 1.42. The first kappa shape index (κ1) is 8.62. The highest BCUT2D eigenvalue weighted by molar-refractivity contribution is 5.58. The Bertz CT molecular complexity index is 444. The van der Waals surface area contributed by atoms with E-state index in [9.17, 15) is 0 Å². The molecular formula is C10H10N4. The lowest BCUT2D eigenvalue weighted by atomic mass is 10.2. The molecule has 14 heavy (non-hydrogen) atoms. The van der Waals surface area contributed by atoms with Gasteiger partial charge in [0.2, 0.25) is 0 Å². The summed E-state index contributed by atoms with van der Waals surface area (Å²) in [5.41, 5.74) is 1.79. The maximum Gasteiger partial charge on any atom is 0.186 e. The van der Waals surface area contributed by atoms with E-state index >= 15 is 0 Å². The molecule has 1 aromatic heterocycles. The zero-order valence-corrected chi connectivity index (χ0v) is 7.88. The van der Waals surface area contributed by atoms with Crippen molar-refractivity contribution in [3.63, 3.8) is 0 Å². The largest absolute Gasteiger partial charge is 0.198 e. The van der Waals surface area contributed by atoms with Crippen LogP contribution in [0.1, 0.15) is 6.92 Å². The lowest BCUT2D eigenvalue weighted by molar-refractivity contribution is 0.801. The van der Waals surface area contributed by atoms with E-state index in [2.05, 4.69) is 22.1 Å². The second-order valence-corrected chi connectivity index (χ2v) is 3.02. The standard InChI is InChI=1S/C10H10N4/c1-8(2)14-10(11-12-13-14)9-6-4-3-5-7-9/h3-7H,1H2,2H3. The molecule has 0 N–H and O–H groups in total. The summed E-state index contributed by atoms with van der Waals surface area (Å²) in [6.45, 7) is 5.67. The van der Waals surface area contributed by atoms with E-state index in [4.69, 9.17) is 0 Å². The molecule has 0 saturated carbocycles. The molecule has 1 aromatic carbocycles. The number of hydrogen-bond donors (Lipinski definition) is 0. The number of allylic oxidation sites excluding steroid dienone is 1. The molecule has 0 aliphatic rings. The predicted octanol–water partition coefficient (Wildman–Crippen LogP) is 1.83. The van der Waals surface area contributed by atoms with Gasteiger partial charge < -0.3 is 0 Å². The number of aromatic nitrogens is 4. The van der Waals surface area contributed by atoms with Crippen LogP contribution in [-0.4, -0.2) is 20.2 Å². The minimum absolute atomic E-state index is 0.720. The van der Waals surface area contributed by atoms with E-state index in [1.165, 1.54) is 0 Å². The molecule has 4 nitrogen and oxygen atoms in total. The predicted molar refractivity (Wildman–Crippen MR) is 54.3 cm³/mol. The second-order valence-electron chi connectivity index (χ2n) is 3.02. The van der Waals surface area contributed by atoms with Crippen molar-refractivity contribution in [2.24, 2.45) is 0 Å². The summed E-state index contributed by atoms with van der Waals surface area (Å²) in [4.78, 5) is 0. The van der Waals surface area contributed by atoms with Gasteiger partial charge in [-0.25, -0.2) is 0 Å². The molecule has 0 atom stereocenters. The quantitative estimate of drug-likeness (QED) is 0.718. The minimum atomic E-state index is 0.720. The number of hydrogen-bond acceptors (Lipinski definition) is 3. The van der Waals surface area contributed by atoms with Gasteiger partial charge in [0.05, 0.1) is 0 Å². The van der Waals surface area contributed by atoms with Crippen molar-refractivity contribution in [3.05, 3.63) is 36.9 Å². The zero-order valence-electron chi connectivity index (χ0n) is 7.88. The van der Waals surface area contributed by atoms with Crippen molar-refractivity contribution in [2.75, 3.05) is 0 Å².